The van der Waals surface area contributed by atoms with E-state index in [1.165, 1.54) is 17.1 Å². The Balaban J connectivity index is 1.49. The lowest BCUT2D eigenvalue weighted by molar-refractivity contribution is -0.123. The number of nitrogens with zero attached hydrogens (tertiary/aromatic N) is 1. The highest BCUT2D eigenvalue weighted by Gasteiger charge is 2.18. The largest absolute Gasteiger partial charge is 0.493 e. The number of ether oxygens (including phenoxy) is 3. The van der Waals surface area contributed by atoms with Crippen molar-refractivity contribution in [3.63, 3.8) is 0 Å². The maximum atomic E-state index is 12.0. The predicted octanol–water partition coefficient (Wildman–Crippen LogP) is 4.71. The smallest absolute Gasteiger partial charge is 0.277 e. The van der Waals surface area contributed by atoms with Crippen molar-refractivity contribution in [3.8, 4) is 17.2 Å². The fourth-order valence-corrected chi connectivity index (χ4v) is 6.37. The lowest BCUT2D eigenvalue weighted by atomic mass is 10.2. The third-order valence-electron chi connectivity index (χ3n) is 4.09. The van der Waals surface area contributed by atoms with Gasteiger partial charge in [-0.25, -0.2) is 5.43 Å². The van der Waals surface area contributed by atoms with E-state index in [4.69, 9.17) is 14.2 Å². The standard InChI is InChI=1S/C21H23IN2O4S2/c1-3-27-20-17(22)10-14(11-18(20)26-2)12-23-24-19(25)13-28-16-6-4-15(5-7-16)21-29-8-9-30-21/h4-7,10-12,21H,3,8-9,13H2,1-2H3,(H,24,25)/b23-12+. The molecule has 0 unspecified atom stereocenters. The molecule has 0 radical (unpaired) electrons. The highest BCUT2D eigenvalue weighted by Crippen LogP contribution is 2.45. The van der Waals surface area contributed by atoms with E-state index < -0.39 is 0 Å². The zero-order valence-electron chi connectivity index (χ0n) is 16.7. The minimum atomic E-state index is -0.329. The molecule has 160 valence electrons. The SMILES string of the molecule is CCOc1c(I)cc(/C=N/NC(=O)COc2ccc(C3SCCS3)cc2)cc1OC. The van der Waals surface area contributed by atoms with Crippen molar-refractivity contribution in [1.29, 1.82) is 0 Å². The third kappa shape index (κ3) is 6.45. The molecule has 0 aromatic heterocycles. The van der Waals surface area contributed by atoms with Crippen molar-refractivity contribution < 1.29 is 19.0 Å². The Hall–Kier alpha value is -1.59. The molecular formula is C21H23IN2O4S2. The second kappa shape index (κ2) is 11.7. The average molecular weight is 558 g/mol. The maximum absolute atomic E-state index is 12.0. The Morgan fingerprint density at radius 2 is 1.97 bits per heavy atom. The van der Waals surface area contributed by atoms with Gasteiger partial charge in [-0.15, -0.1) is 23.5 Å². The Morgan fingerprint density at radius 1 is 1.23 bits per heavy atom. The number of thioether (sulfide) groups is 2. The monoisotopic (exact) mass is 558 g/mol. The summed E-state index contributed by atoms with van der Waals surface area (Å²) in [6.07, 6.45) is 1.56. The first-order valence-electron chi connectivity index (χ1n) is 9.39. The summed E-state index contributed by atoms with van der Waals surface area (Å²) < 4.78 is 17.9. The summed E-state index contributed by atoms with van der Waals surface area (Å²) >= 11 is 6.10. The number of carbonyl (C=O) groups is 1. The first kappa shape index (κ1) is 23.1. The molecule has 1 amide bonds. The molecule has 0 atom stereocenters. The van der Waals surface area contributed by atoms with Crippen LogP contribution in [0.2, 0.25) is 0 Å². The topological polar surface area (TPSA) is 69.2 Å². The van der Waals surface area contributed by atoms with Crippen LogP contribution in [0.25, 0.3) is 0 Å². The lowest BCUT2D eigenvalue weighted by Crippen LogP contribution is -2.24. The average Bonchev–Trinajstić information content (AvgIpc) is 3.29. The molecule has 6 nitrogen and oxygen atoms in total. The lowest BCUT2D eigenvalue weighted by Gasteiger charge is -2.12. The number of amides is 1. The number of methoxy groups -OCH3 is 1. The number of hydrogen-bond donors (Lipinski definition) is 1. The predicted molar refractivity (Wildman–Crippen MR) is 132 cm³/mol. The molecule has 3 rings (SSSR count). The molecule has 0 saturated carbocycles. The van der Waals surface area contributed by atoms with Crippen molar-refractivity contribution in [2.24, 2.45) is 5.10 Å². The number of benzene rings is 2. The van der Waals surface area contributed by atoms with E-state index in [-0.39, 0.29) is 12.5 Å². The minimum absolute atomic E-state index is 0.103. The van der Waals surface area contributed by atoms with Crippen molar-refractivity contribution >= 4 is 58.2 Å². The van der Waals surface area contributed by atoms with Gasteiger partial charge >= 0.3 is 0 Å². The molecule has 0 bridgehead atoms. The Labute approximate surface area is 198 Å². The molecule has 30 heavy (non-hydrogen) atoms. The van der Waals surface area contributed by atoms with Gasteiger partial charge in [0.2, 0.25) is 0 Å². The van der Waals surface area contributed by atoms with Crippen molar-refractivity contribution in [2.45, 2.75) is 11.5 Å². The summed E-state index contributed by atoms with van der Waals surface area (Å²) in [4.78, 5) is 12.0. The highest BCUT2D eigenvalue weighted by molar-refractivity contribution is 14.1. The van der Waals surface area contributed by atoms with Gasteiger partial charge in [0.1, 0.15) is 5.75 Å². The van der Waals surface area contributed by atoms with Crippen LogP contribution in [0.1, 0.15) is 22.6 Å². The van der Waals surface area contributed by atoms with Gasteiger partial charge in [-0.05, 0) is 64.9 Å². The summed E-state index contributed by atoms with van der Waals surface area (Å²) in [7, 11) is 1.59. The van der Waals surface area contributed by atoms with Crippen LogP contribution >= 0.6 is 46.1 Å². The van der Waals surface area contributed by atoms with Crippen LogP contribution in [0.3, 0.4) is 0 Å². The molecule has 2 aromatic rings. The molecule has 2 aromatic carbocycles. The molecule has 0 spiro atoms. The maximum Gasteiger partial charge on any atom is 0.277 e. The zero-order valence-corrected chi connectivity index (χ0v) is 20.5. The van der Waals surface area contributed by atoms with Crippen LogP contribution in [-0.4, -0.2) is 44.0 Å². The van der Waals surface area contributed by atoms with Crippen LogP contribution in [-0.2, 0) is 4.79 Å². The number of rotatable bonds is 9. The normalized spacial score (nSPS) is 14.1. The number of hydrogen-bond acceptors (Lipinski definition) is 7. The van der Waals surface area contributed by atoms with Crippen molar-refractivity contribution in [1.82, 2.24) is 5.43 Å². The third-order valence-corrected chi connectivity index (χ3v) is 7.99. The van der Waals surface area contributed by atoms with Gasteiger partial charge in [0, 0.05) is 11.5 Å². The van der Waals surface area contributed by atoms with E-state index in [2.05, 4.69) is 45.3 Å². The molecule has 0 aliphatic carbocycles. The summed E-state index contributed by atoms with van der Waals surface area (Å²) in [6.45, 7) is 2.37. The molecule has 1 aliphatic rings. The molecule has 1 heterocycles. The molecule has 1 N–H and O–H groups in total. The molecule has 1 saturated heterocycles. The van der Waals surface area contributed by atoms with Gasteiger partial charge in [0.05, 0.1) is 28.1 Å². The molecule has 1 fully saturated rings. The van der Waals surface area contributed by atoms with E-state index in [0.717, 1.165) is 9.13 Å². The van der Waals surface area contributed by atoms with Crippen LogP contribution in [0.15, 0.2) is 41.5 Å². The van der Waals surface area contributed by atoms with E-state index in [0.29, 0.717) is 28.4 Å². The summed E-state index contributed by atoms with van der Waals surface area (Å²) in [5.41, 5.74) is 4.55. The Bertz CT molecular complexity index is 887. The Morgan fingerprint density at radius 3 is 2.63 bits per heavy atom. The minimum Gasteiger partial charge on any atom is -0.493 e. The van der Waals surface area contributed by atoms with E-state index in [9.17, 15) is 4.79 Å². The molecular weight excluding hydrogens is 535 g/mol. The van der Waals surface area contributed by atoms with E-state index >= 15 is 0 Å². The van der Waals surface area contributed by atoms with Gasteiger partial charge in [-0.2, -0.15) is 5.10 Å². The summed E-state index contributed by atoms with van der Waals surface area (Å²) in [5.74, 6) is 4.04. The van der Waals surface area contributed by atoms with E-state index in [1.54, 1.807) is 13.3 Å². The second-order valence-corrected chi connectivity index (χ2v) is 10.1. The van der Waals surface area contributed by atoms with Crippen LogP contribution < -0.4 is 19.6 Å². The fraction of sp³-hybridized carbons (Fsp3) is 0.333. The van der Waals surface area contributed by atoms with Gasteiger partial charge < -0.3 is 14.2 Å². The number of halogens is 1. The molecule has 9 heteroatoms. The summed E-state index contributed by atoms with van der Waals surface area (Å²) in [6, 6.07) is 11.6. The Kier molecular flexibility index (Phi) is 9.01. The van der Waals surface area contributed by atoms with Gasteiger partial charge in [-0.3, -0.25) is 4.79 Å². The van der Waals surface area contributed by atoms with E-state index in [1.807, 2.05) is 54.7 Å². The van der Waals surface area contributed by atoms with Crippen LogP contribution in [0.4, 0.5) is 0 Å². The first-order chi connectivity index (χ1) is 14.6. The number of hydrazone groups is 1. The van der Waals surface area contributed by atoms with Crippen molar-refractivity contribution in [2.75, 3.05) is 31.8 Å². The van der Waals surface area contributed by atoms with Gasteiger partial charge in [-0.1, -0.05) is 12.1 Å². The fourth-order valence-electron chi connectivity index (χ4n) is 2.73. The van der Waals surface area contributed by atoms with Gasteiger partial charge in [0.15, 0.2) is 18.1 Å². The first-order valence-corrected chi connectivity index (χ1v) is 12.6. The molecule has 1 aliphatic heterocycles. The highest BCUT2D eigenvalue weighted by atomic mass is 127. The van der Waals surface area contributed by atoms with Crippen molar-refractivity contribution in [3.05, 3.63) is 51.1 Å². The number of carbonyl (C=O) groups excluding carboxylic acids is 1. The second-order valence-electron chi connectivity index (χ2n) is 6.19. The van der Waals surface area contributed by atoms with Crippen LogP contribution in [0.5, 0.6) is 17.2 Å². The quantitative estimate of drug-likeness (QED) is 0.273. The number of nitrogens with one attached hydrogen (secondary N) is 1. The zero-order chi connectivity index (χ0) is 21.3. The summed E-state index contributed by atoms with van der Waals surface area (Å²) in [5, 5.41) is 4.00. The van der Waals surface area contributed by atoms with Gasteiger partial charge in [0.25, 0.3) is 5.91 Å². The van der Waals surface area contributed by atoms with Crippen LogP contribution in [0, 0.1) is 3.57 Å².